The van der Waals surface area contributed by atoms with E-state index in [1.165, 1.54) is 0 Å². The fourth-order valence-electron chi connectivity index (χ4n) is 1.13. The number of hydrogen-bond acceptors (Lipinski definition) is 4. The molecule has 0 aromatic carbocycles. The Morgan fingerprint density at radius 1 is 1.40 bits per heavy atom. The monoisotopic (exact) mass is 267 g/mol. The molecule has 0 aliphatic heterocycles. The predicted octanol–water partition coefficient (Wildman–Crippen LogP) is 1.58. The second kappa shape index (κ2) is 4.39. The molecule has 0 unspecified atom stereocenters. The Balaban J connectivity index is 1.99. The van der Waals surface area contributed by atoms with Crippen LogP contribution in [-0.2, 0) is 13.6 Å². The molecule has 0 aliphatic carbocycles. The number of aromatic nitrogens is 4. The number of rotatable bonds is 3. The molecule has 2 heterocycles. The van der Waals surface area contributed by atoms with Crippen LogP contribution in [0.5, 0.6) is 0 Å². The summed E-state index contributed by atoms with van der Waals surface area (Å²) >= 11 is 3.33. The third-order valence-corrected chi connectivity index (χ3v) is 2.46. The minimum absolute atomic E-state index is 0.665. The van der Waals surface area contributed by atoms with Crippen LogP contribution in [0.1, 0.15) is 5.69 Å². The van der Waals surface area contributed by atoms with E-state index in [9.17, 15) is 0 Å². The molecule has 0 fully saturated rings. The first-order chi connectivity index (χ1) is 7.25. The zero-order valence-electron chi connectivity index (χ0n) is 8.18. The molecule has 0 saturated heterocycles. The van der Waals surface area contributed by atoms with Crippen LogP contribution in [0.4, 0.5) is 5.82 Å². The maximum Gasteiger partial charge on any atom is 0.126 e. The lowest BCUT2D eigenvalue weighted by atomic mass is 10.4. The molecule has 2 rings (SSSR count). The van der Waals surface area contributed by atoms with Crippen molar-refractivity contribution in [2.75, 3.05) is 5.32 Å². The summed E-state index contributed by atoms with van der Waals surface area (Å²) in [5, 5.41) is 10.8. The van der Waals surface area contributed by atoms with E-state index >= 15 is 0 Å². The van der Waals surface area contributed by atoms with E-state index in [1.807, 2.05) is 19.2 Å². The van der Waals surface area contributed by atoms with Crippen LogP contribution in [0, 0.1) is 0 Å². The maximum atomic E-state index is 4.20. The van der Waals surface area contributed by atoms with E-state index in [0.717, 1.165) is 16.0 Å². The van der Waals surface area contributed by atoms with E-state index in [0.29, 0.717) is 6.54 Å². The number of anilines is 1. The van der Waals surface area contributed by atoms with Gasteiger partial charge in [0.25, 0.3) is 0 Å². The van der Waals surface area contributed by atoms with Gasteiger partial charge in [0.2, 0.25) is 0 Å². The van der Waals surface area contributed by atoms with Crippen molar-refractivity contribution in [3.05, 3.63) is 34.7 Å². The molecule has 2 aromatic rings. The van der Waals surface area contributed by atoms with Gasteiger partial charge < -0.3 is 5.32 Å². The van der Waals surface area contributed by atoms with Crippen LogP contribution >= 0.6 is 15.9 Å². The normalized spacial score (nSPS) is 10.3. The molecule has 2 aromatic heterocycles. The summed E-state index contributed by atoms with van der Waals surface area (Å²) in [6.45, 7) is 0.665. The zero-order chi connectivity index (χ0) is 10.7. The van der Waals surface area contributed by atoms with Crippen molar-refractivity contribution >= 4 is 21.7 Å². The first-order valence-corrected chi connectivity index (χ1v) is 5.24. The first-order valence-electron chi connectivity index (χ1n) is 4.44. The Kier molecular flexibility index (Phi) is 2.96. The molecule has 78 valence electrons. The molecule has 0 radical (unpaired) electrons. The van der Waals surface area contributed by atoms with Crippen LogP contribution < -0.4 is 5.32 Å². The molecule has 1 N–H and O–H groups in total. The smallest absolute Gasteiger partial charge is 0.126 e. The quantitative estimate of drug-likeness (QED) is 0.918. The third-order valence-electron chi connectivity index (χ3n) is 1.99. The summed E-state index contributed by atoms with van der Waals surface area (Å²) in [5.74, 6) is 0.833. The zero-order valence-corrected chi connectivity index (χ0v) is 9.77. The van der Waals surface area contributed by atoms with Crippen molar-refractivity contribution in [2.45, 2.75) is 6.54 Å². The van der Waals surface area contributed by atoms with Crippen LogP contribution in [0.2, 0.25) is 0 Å². The Morgan fingerprint density at radius 2 is 2.27 bits per heavy atom. The molecule has 0 saturated carbocycles. The number of nitrogens with zero attached hydrogens (tertiary/aromatic N) is 4. The molecule has 6 heteroatoms. The molecule has 15 heavy (non-hydrogen) atoms. The van der Waals surface area contributed by atoms with Gasteiger partial charge in [-0.2, -0.15) is 0 Å². The average Bonchev–Trinajstić information content (AvgIpc) is 2.63. The molecule has 0 aliphatic rings. The SMILES string of the molecule is Cn1nncc1CNc1ccc(Br)cn1. The lowest BCUT2D eigenvalue weighted by molar-refractivity contribution is 0.683. The minimum Gasteiger partial charge on any atom is -0.364 e. The topological polar surface area (TPSA) is 55.6 Å². The number of pyridine rings is 1. The number of halogens is 1. The highest BCUT2D eigenvalue weighted by atomic mass is 79.9. The fourth-order valence-corrected chi connectivity index (χ4v) is 1.37. The van der Waals surface area contributed by atoms with Crippen molar-refractivity contribution in [1.29, 1.82) is 0 Å². The summed E-state index contributed by atoms with van der Waals surface area (Å²) in [5.41, 5.74) is 1.01. The number of aryl methyl sites for hydroxylation is 1. The summed E-state index contributed by atoms with van der Waals surface area (Å²) in [6.07, 6.45) is 3.48. The highest BCUT2D eigenvalue weighted by Crippen LogP contribution is 2.11. The Bertz CT molecular complexity index is 436. The van der Waals surface area contributed by atoms with Gasteiger partial charge >= 0.3 is 0 Å². The van der Waals surface area contributed by atoms with Crippen molar-refractivity contribution in [3.8, 4) is 0 Å². The van der Waals surface area contributed by atoms with E-state index < -0.39 is 0 Å². The lowest BCUT2D eigenvalue weighted by Crippen LogP contribution is -2.06. The van der Waals surface area contributed by atoms with Gasteiger partial charge in [-0.1, -0.05) is 5.21 Å². The molecular weight excluding hydrogens is 258 g/mol. The van der Waals surface area contributed by atoms with Gasteiger partial charge in [0.05, 0.1) is 18.4 Å². The van der Waals surface area contributed by atoms with Crippen LogP contribution in [0.25, 0.3) is 0 Å². The number of hydrogen-bond donors (Lipinski definition) is 1. The van der Waals surface area contributed by atoms with Crippen LogP contribution in [-0.4, -0.2) is 20.0 Å². The molecule has 0 spiro atoms. The Morgan fingerprint density at radius 3 is 2.87 bits per heavy atom. The predicted molar refractivity (Wildman–Crippen MR) is 60.3 cm³/mol. The van der Waals surface area contributed by atoms with E-state index in [4.69, 9.17) is 0 Å². The van der Waals surface area contributed by atoms with Gasteiger partial charge in [0, 0.05) is 17.7 Å². The van der Waals surface area contributed by atoms with Gasteiger partial charge in [0.15, 0.2) is 0 Å². The largest absolute Gasteiger partial charge is 0.364 e. The van der Waals surface area contributed by atoms with E-state index in [-0.39, 0.29) is 0 Å². The Hall–Kier alpha value is -1.43. The summed E-state index contributed by atoms with van der Waals surface area (Å²) in [4.78, 5) is 4.20. The maximum absolute atomic E-state index is 4.20. The fraction of sp³-hybridized carbons (Fsp3) is 0.222. The standard InChI is InChI=1S/C9H10BrN5/c1-15-8(6-13-14-15)5-12-9-3-2-7(10)4-11-9/h2-4,6H,5H2,1H3,(H,11,12). The summed E-state index contributed by atoms with van der Waals surface area (Å²) in [6, 6.07) is 3.85. The third kappa shape index (κ3) is 2.53. The lowest BCUT2D eigenvalue weighted by Gasteiger charge is -2.04. The second-order valence-corrected chi connectivity index (χ2v) is 3.98. The van der Waals surface area contributed by atoms with Crippen molar-refractivity contribution < 1.29 is 0 Å². The highest BCUT2D eigenvalue weighted by Gasteiger charge is 1.99. The van der Waals surface area contributed by atoms with Gasteiger partial charge in [-0.05, 0) is 28.1 Å². The summed E-state index contributed by atoms with van der Waals surface area (Å²) in [7, 11) is 1.86. The first kappa shape index (κ1) is 10.1. The molecule has 0 amide bonds. The van der Waals surface area contributed by atoms with Crippen LogP contribution in [0.15, 0.2) is 29.0 Å². The highest BCUT2D eigenvalue weighted by molar-refractivity contribution is 9.10. The molecular formula is C9H10BrN5. The van der Waals surface area contributed by atoms with Gasteiger partial charge in [-0.3, -0.25) is 4.68 Å². The van der Waals surface area contributed by atoms with Gasteiger partial charge in [-0.25, -0.2) is 4.98 Å². The van der Waals surface area contributed by atoms with E-state index in [2.05, 4.69) is 36.5 Å². The number of nitrogens with one attached hydrogen (secondary N) is 1. The van der Waals surface area contributed by atoms with Crippen molar-refractivity contribution in [3.63, 3.8) is 0 Å². The Labute approximate surface area is 95.7 Å². The van der Waals surface area contributed by atoms with Crippen LogP contribution in [0.3, 0.4) is 0 Å². The molecule has 5 nitrogen and oxygen atoms in total. The van der Waals surface area contributed by atoms with Crippen molar-refractivity contribution in [1.82, 2.24) is 20.0 Å². The second-order valence-electron chi connectivity index (χ2n) is 3.06. The molecule has 0 bridgehead atoms. The summed E-state index contributed by atoms with van der Waals surface area (Å²) < 4.78 is 2.70. The van der Waals surface area contributed by atoms with E-state index in [1.54, 1.807) is 17.1 Å². The molecule has 0 atom stereocenters. The minimum atomic E-state index is 0.665. The average molecular weight is 268 g/mol. The van der Waals surface area contributed by atoms with Crippen molar-refractivity contribution in [2.24, 2.45) is 7.05 Å². The van der Waals surface area contributed by atoms with Gasteiger partial charge in [-0.15, -0.1) is 5.10 Å². The van der Waals surface area contributed by atoms with Gasteiger partial charge in [0.1, 0.15) is 5.82 Å².